The topological polar surface area (TPSA) is 35.2 Å². The molecule has 2 nitrogen and oxygen atoms in total. The van der Waals surface area contributed by atoms with Gasteiger partial charge in [0.15, 0.2) is 0 Å². The van der Waals surface area contributed by atoms with Gasteiger partial charge < -0.3 is 10.5 Å². The summed E-state index contributed by atoms with van der Waals surface area (Å²) in [6.45, 7) is 3.90. The molecule has 0 radical (unpaired) electrons. The molecule has 2 aromatic rings. The summed E-state index contributed by atoms with van der Waals surface area (Å²) >= 11 is 12.1. The zero-order valence-corrected chi connectivity index (χ0v) is 13.0. The molecule has 0 amide bonds. The van der Waals surface area contributed by atoms with E-state index in [2.05, 4.69) is 0 Å². The van der Waals surface area contributed by atoms with Crippen molar-refractivity contribution in [3.8, 4) is 11.5 Å². The van der Waals surface area contributed by atoms with Crippen molar-refractivity contribution in [2.75, 3.05) is 0 Å². The SMILES string of the molecule is Cc1cc(Oc2cc(Cl)ccc2CC(C)N)ccc1Cl. The molecule has 0 saturated heterocycles. The highest BCUT2D eigenvalue weighted by atomic mass is 35.5. The summed E-state index contributed by atoms with van der Waals surface area (Å²) in [6.07, 6.45) is 0.735. The maximum absolute atomic E-state index is 6.04. The molecule has 0 aliphatic carbocycles. The van der Waals surface area contributed by atoms with Gasteiger partial charge in [-0.1, -0.05) is 29.3 Å². The van der Waals surface area contributed by atoms with Crippen LogP contribution in [-0.4, -0.2) is 6.04 Å². The van der Waals surface area contributed by atoms with Gasteiger partial charge >= 0.3 is 0 Å². The van der Waals surface area contributed by atoms with Gasteiger partial charge in [0.05, 0.1) is 0 Å². The Kier molecular flexibility index (Phi) is 4.92. The Morgan fingerprint density at radius 1 is 1.15 bits per heavy atom. The highest BCUT2D eigenvalue weighted by molar-refractivity contribution is 6.31. The van der Waals surface area contributed by atoms with Crippen LogP contribution in [-0.2, 0) is 6.42 Å². The third-order valence-electron chi connectivity index (χ3n) is 2.93. The Bertz CT molecular complexity index is 611. The van der Waals surface area contributed by atoms with E-state index in [1.165, 1.54) is 0 Å². The quantitative estimate of drug-likeness (QED) is 0.864. The number of halogens is 2. The standard InChI is InChI=1S/C16H17Cl2NO/c1-10-7-14(5-6-15(10)18)20-16-9-13(17)4-3-12(16)8-11(2)19/h3-7,9,11H,8,19H2,1-2H3. The number of hydrogen-bond acceptors (Lipinski definition) is 2. The van der Waals surface area contributed by atoms with Crippen LogP contribution in [0.25, 0.3) is 0 Å². The van der Waals surface area contributed by atoms with Gasteiger partial charge in [-0.15, -0.1) is 0 Å². The van der Waals surface area contributed by atoms with E-state index in [9.17, 15) is 0 Å². The lowest BCUT2D eigenvalue weighted by atomic mass is 10.1. The minimum Gasteiger partial charge on any atom is -0.457 e. The number of ether oxygens (including phenoxy) is 1. The summed E-state index contributed by atoms with van der Waals surface area (Å²) in [6, 6.07) is 11.2. The van der Waals surface area contributed by atoms with Crippen molar-refractivity contribution in [3.05, 3.63) is 57.6 Å². The third kappa shape index (κ3) is 3.89. The largest absolute Gasteiger partial charge is 0.457 e. The molecule has 4 heteroatoms. The average molecular weight is 310 g/mol. The minimum atomic E-state index is 0.0606. The van der Waals surface area contributed by atoms with Crippen molar-refractivity contribution in [3.63, 3.8) is 0 Å². The Labute approximate surface area is 129 Å². The number of rotatable bonds is 4. The molecule has 0 aliphatic heterocycles. The Hall–Kier alpha value is -1.22. The van der Waals surface area contributed by atoms with Crippen LogP contribution in [0.15, 0.2) is 36.4 Å². The summed E-state index contributed by atoms with van der Waals surface area (Å²) in [5.74, 6) is 1.47. The first-order valence-corrected chi connectivity index (χ1v) is 7.19. The molecule has 0 aliphatic rings. The fourth-order valence-electron chi connectivity index (χ4n) is 1.95. The zero-order valence-electron chi connectivity index (χ0n) is 11.5. The maximum atomic E-state index is 6.04. The van der Waals surface area contributed by atoms with Gasteiger partial charge in [-0.3, -0.25) is 0 Å². The molecule has 20 heavy (non-hydrogen) atoms. The average Bonchev–Trinajstić information content (AvgIpc) is 2.37. The molecule has 0 aromatic heterocycles. The molecule has 0 bridgehead atoms. The second kappa shape index (κ2) is 6.49. The summed E-state index contributed by atoms with van der Waals surface area (Å²) < 4.78 is 5.93. The number of benzene rings is 2. The van der Waals surface area contributed by atoms with Gasteiger partial charge in [0.2, 0.25) is 0 Å². The predicted molar refractivity (Wildman–Crippen MR) is 85.1 cm³/mol. The van der Waals surface area contributed by atoms with Gasteiger partial charge in [-0.05, 0) is 61.7 Å². The number of hydrogen-bond donors (Lipinski definition) is 1. The first kappa shape index (κ1) is 15.2. The summed E-state index contributed by atoms with van der Waals surface area (Å²) in [4.78, 5) is 0. The fraction of sp³-hybridized carbons (Fsp3) is 0.250. The van der Waals surface area contributed by atoms with Crippen molar-refractivity contribution in [1.82, 2.24) is 0 Å². The lowest BCUT2D eigenvalue weighted by Gasteiger charge is -2.14. The lowest BCUT2D eigenvalue weighted by molar-refractivity contribution is 0.473. The predicted octanol–water partition coefficient (Wildman–Crippen LogP) is 4.98. The van der Waals surface area contributed by atoms with Gasteiger partial charge in [-0.2, -0.15) is 0 Å². The molecular formula is C16H17Cl2NO. The van der Waals surface area contributed by atoms with E-state index in [4.69, 9.17) is 33.7 Å². The van der Waals surface area contributed by atoms with Gasteiger partial charge in [0.1, 0.15) is 11.5 Å². The smallest absolute Gasteiger partial charge is 0.132 e. The van der Waals surface area contributed by atoms with Gasteiger partial charge in [0.25, 0.3) is 0 Å². The molecule has 106 valence electrons. The summed E-state index contributed by atoms with van der Waals surface area (Å²) in [5.41, 5.74) is 7.87. The van der Waals surface area contributed by atoms with Crippen molar-refractivity contribution in [1.29, 1.82) is 0 Å². The number of nitrogens with two attached hydrogens (primary N) is 1. The van der Waals surface area contributed by atoms with Crippen molar-refractivity contribution in [2.24, 2.45) is 5.73 Å². The van der Waals surface area contributed by atoms with Crippen molar-refractivity contribution < 1.29 is 4.74 Å². The van der Waals surface area contributed by atoms with Gasteiger partial charge in [0, 0.05) is 16.1 Å². The van der Waals surface area contributed by atoms with E-state index in [0.717, 1.165) is 34.1 Å². The molecule has 1 atom stereocenters. The van der Waals surface area contributed by atoms with E-state index < -0.39 is 0 Å². The monoisotopic (exact) mass is 309 g/mol. The molecular weight excluding hydrogens is 293 g/mol. The molecule has 0 fully saturated rings. The van der Waals surface area contributed by atoms with E-state index in [1.54, 1.807) is 0 Å². The summed E-state index contributed by atoms with van der Waals surface area (Å²) in [5, 5.41) is 1.36. The molecule has 2 aromatic carbocycles. The Balaban J connectivity index is 2.31. The van der Waals surface area contributed by atoms with Crippen LogP contribution < -0.4 is 10.5 Å². The molecule has 2 rings (SSSR count). The van der Waals surface area contributed by atoms with Crippen LogP contribution in [0.4, 0.5) is 0 Å². The van der Waals surface area contributed by atoms with Crippen molar-refractivity contribution in [2.45, 2.75) is 26.3 Å². The maximum Gasteiger partial charge on any atom is 0.132 e. The van der Waals surface area contributed by atoms with Crippen LogP contribution in [0.3, 0.4) is 0 Å². The second-order valence-corrected chi connectivity index (χ2v) is 5.79. The van der Waals surface area contributed by atoms with Crippen molar-refractivity contribution >= 4 is 23.2 Å². The molecule has 0 heterocycles. The molecule has 0 spiro atoms. The zero-order chi connectivity index (χ0) is 14.7. The van der Waals surface area contributed by atoms with E-state index in [-0.39, 0.29) is 6.04 Å². The number of aryl methyl sites for hydroxylation is 1. The second-order valence-electron chi connectivity index (χ2n) is 4.95. The summed E-state index contributed by atoms with van der Waals surface area (Å²) in [7, 11) is 0. The third-order valence-corrected chi connectivity index (χ3v) is 3.59. The van der Waals surface area contributed by atoms with E-state index >= 15 is 0 Å². The van der Waals surface area contributed by atoms with E-state index in [1.807, 2.05) is 50.2 Å². The van der Waals surface area contributed by atoms with Crippen LogP contribution >= 0.6 is 23.2 Å². The normalized spacial score (nSPS) is 12.2. The van der Waals surface area contributed by atoms with Crippen LogP contribution in [0.2, 0.25) is 10.0 Å². The molecule has 0 saturated carbocycles. The van der Waals surface area contributed by atoms with Crippen LogP contribution in [0.1, 0.15) is 18.1 Å². The molecule has 2 N–H and O–H groups in total. The highest BCUT2D eigenvalue weighted by Crippen LogP contribution is 2.31. The fourth-order valence-corrected chi connectivity index (χ4v) is 2.23. The van der Waals surface area contributed by atoms with Crippen LogP contribution in [0, 0.1) is 6.92 Å². The van der Waals surface area contributed by atoms with Crippen LogP contribution in [0.5, 0.6) is 11.5 Å². The first-order valence-electron chi connectivity index (χ1n) is 6.43. The minimum absolute atomic E-state index is 0.0606. The van der Waals surface area contributed by atoms with Gasteiger partial charge in [-0.25, -0.2) is 0 Å². The lowest BCUT2D eigenvalue weighted by Crippen LogP contribution is -2.18. The Morgan fingerprint density at radius 2 is 1.90 bits per heavy atom. The highest BCUT2D eigenvalue weighted by Gasteiger charge is 2.09. The van der Waals surface area contributed by atoms with E-state index in [0.29, 0.717) is 5.02 Å². The molecule has 1 unspecified atom stereocenters. The first-order chi connectivity index (χ1) is 9.45. The Morgan fingerprint density at radius 3 is 2.55 bits per heavy atom.